The molecular formula is C16H16ClN3O2S. The number of benzene rings is 2. The Morgan fingerprint density at radius 1 is 1.22 bits per heavy atom. The zero-order chi connectivity index (χ0) is 16.6. The fourth-order valence-electron chi connectivity index (χ4n) is 2.41. The lowest BCUT2D eigenvalue weighted by Crippen LogP contribution is -2.25. The molecule has 0 aliphatic heterocycles. The fourth-order valence-corrected chi connectivity index (χ4v) is 3.99. The topological polar surface area (TPSA) is 64.0 Å². The highest BCUT2D eigenvalue weighted by Crippen LogP contribution is 2.22. The molecule has 1 N–H and O–H groups in total. The minimum Gasteiger partial charge on any atom is -0.330 e. The molecule has 0 bridgehead atoms. The van der Waals surface area contributed by atoms with Crippen LogP contribution in [0.3, 0.4) is 0 Å². The van der Waals surface area contributed by atoms with Gasteiger partial charge in [0.25, 0.3) is 0 Å². The molecule has 0 fully saturated rings. The maximum atomic E-state index is 12.4. The van der Waals surface area contributed by atoms with Crippen molar-refractivity contribution in [2.75, 3.05) is 0 Å². The first kappa shape index (κ1) is 16.0. The highest BCUT2D eigenvalue weighted by molar-refractivity contribution is 7.89. The minimum absolute atomic E-state index is 0.0727. The van der Waals surface area contributed by atoms with E-state index in [1.807, 2.05) is 42.8 Å². The number of rotatable bonds is 4. The van der Waals surface area contributed by atoms with Crippen molar-refractivity contribution in [1.29, 1.82) is 0 Å². The highest BCUT2D eigenvalue weighted by Gasteiger charge is 2.19. The van der Waals surface area contributed by atoms with Gasteiger partial charge in [0.05, 0.1) is 22.6 Å². The summed E-state index contributed by atoms with van der Waals surface area (Å²) < 4.78 is 29.3. The van der Waals surface area contributed by atoms with Gasteiger partial charge in [-0.3, -0.25) is 0 Å². The molecule has 120 valence electrons. The second-order valence-electron chi connectivity index (χ2n) is 5.33. The summed E-state index contributed by atoms with van der Waals surface area (Å²) in [5.41, 5.74) is 2.69. The number of hydrogen-bond acceptors (Lipinski definition) is 3. The van der Waals surface area contributed by atoms with Gasteiger partial charge in [-0.2, -0.15) is 0 Å². The lowest BCUT2D eigenvalue weighted by atomic mass is 10.2. The van der Waals surface area contributed by atoms with Crippen molar-refractivity contribution in [3.05, 3.63) is 58.9 Å². The average molecular weight is 350 g/mol. The van der Waals surface area contributed by atoms with Crippen LogP contribution >= 0.6 is 11.6 Å². The van der Waals surface area contributed by atoms with Gasteiger partial charge in [-0.15, -0.1) is 0 Å². The van der Waals surface area contributed by atoms with Gasteiger partial charge in [-0.1, -0.05) is 29.8 Å². The van der Waals surface area contributed by atoms with Crippen LogP contribution in [0, 0.1) is 6.92 Å². The van der Waals surface area contributed by atoms with E-state index in [9.17, 15) is 8.42 Å². The van der Waals surface area contributed by atoms with E-state index >= 15 is 0 Å². The minimum atomic E-state index is -3.70. The van der Waals surface area contributed by atoms with E-state index in [-0.39, 0.29) is 16.5 Å². The van der Waals surface area contributed by atoms with Crippen molar-refractivity contribution in [2.45, 2.75) is 18.4 Å². The van der Waals surface area contributed by atoms with E-state index in [4.69, 9.17) is 11.6 Å². The Labute approximate surface area is 140 Å². The molecule has 0 radical (unpaired) electrons. The molecule has 0 spiro atoms. The zero-order valence-electron chi connectivity index (χ0n) is 12.7. The normalized spacial score (nSPS) is 12.0. The SMILES string of the molecule is Cc1ccc(S(=O)(=O)NCc2nc3ccccc3n2C)c(Cl)c1. The van der Waals surface area contributed by atoms with Gasteiger partial charge in [-0.05, 0) is 36.8 Å². The van der Waals surface area contributed by atoms with Crippen LogP contribution in [0.5, 0.6) is 0 Å². The Morgan fingerprint density at radius 3 is 2.65 bits per heavy atom. The number of aryl methyl sites for hydroxylation is 2. The smallest absolute Gasteiger partial charge is 0.242 e. The van der Waals surface area contributed by atoms with Crippen molar-refractivity contribution >= 4 is 32.7 Å². The molecule has 2 aromatic carbocycles. The number of fused-ring (bicyclic) bond motifs is 1. The average Bonchev–Trinajstić information content (AvgIpc) is 2.82. The monoisotopic (exact) mass is 349 g/mol. The van der Waals surface area contributed by atoms with Crippen LogP contribution in [0.2, 0.25) is 5.02 Å². The molecular weight excluding hydrogens is 334 g/mol. The molecule has 3 rings (SSSR count). The number of sulfonamides is 1. The number of imidazole rings is 1. The molecule has 1 heterocycles. The van der Waals surface area contributed by atoms with Crippen LogP contribution in [0.1, 0.15) is 11.4 Å². The van der Waals surface area contributed by atoms with Crippen LogP contribution in [0.4, 0.5) is 0 Å². The maximum Gasteiger partial charge on any atom is 0.242 e. The lowest BCUT2D eigenvalue weighted by molar-refractivity contribution is 0.578. The third-order valence-corrected chi connectivity index (χ3v) is 5.56. The molecule has 0 saturated heterocycles. The summed E-state index contributed by atoms with van der Waals surface area (Å²) in [7, 11) is -1.84. The summed E-state index contributed by atoms with van der Waals surface area (Å²) in [5.74, 6) is 0.637. The number of nitrogens with one attached hydrogen (secondary N) is 1. The van der Waals surface area contributed by atoms with Crippen molar-refractivity contribution in [3.8, 4) is 0 Å². The summed E-state index contributed by atoms with van der Waals surface area (Å²) in [6, 6.07) is 12.5. The summed E-state index contributed by atoms with van der Waals surface area (Å²) in [4.78, 5) is 4.52. The second kappa shape index (κ2) is 5.96. The lowest BCUT2D eigenvalue weighted by Gasteiger charge is -2.09. The Hall–Kier alpha value is -1.89. The standard InChI is InChI=1S/C16H16ClN3O2S/c1-11-7-8-15(12(17)9-11)23(21,22)18-10-16-19-13-5-3-4-6-14(13)20(16)2/h3-9,18H,10H2,1-2H3. The molecule has 0 atom stereocenters. The number of nitrogens with zero attached hydrogens (tertiary/aromatic N) is 2. The molecule has 5 nitrogen and oxygen atoms in total. The second-order valence-corrected chi connectivity index (χ2v) is 7.48. The first-order valence-electron chi connectivity index (χ1n) is 7.04. The summed E-state index contributed by atoms with van der Waals surface area (Å²) >= 11 is 6.05. The molecule has 0 unspecified atom stereocenters. The van der Waals surface area contributed by atoms with E-state index in [0.29, 0.717) is 5.82 Å². The molecule has 23 heavy (non-hydrogen) atoms. The number of aromatic nitrogens is 2. The predicted molar refractivity (Wildman–Crippen MR) is 90.9 cm³/mol. The van der Waals surface area contributed by atoms with E-state index in [2.05, 4.69) is 9.71 Å². The van der Waals surface area contributed by atoms with E-state index in [1.54, 1.807) is 12.1 Å². The third-order valence-electron chi connectivity index (χ3n) is 3.68. The predicted octanol–water partition coefficient (Wildman–Crippen LogP) is 3.01. The zero-order valence-corrected chi connectivity index (χ0v) is 14.3. The van der Waals surface area contributed by atoms with Crippen LogP contribution in [0.15, 0.2) is 47.4 Å². The molecule has 0 aliphatic rings. The van der Waals surface area contributed by atoms with Crippen molar-refractivity contribution in [1.82, 2.24) is 14.3 Å². The summed E-state index contributed by atoms with van der Waals surface area (Å²) in [6.07, 6.45) is 0. The van der Waals surface area contributed by atoms with Crippen molar-refractivity contribution < 1.29 is 8.42 Å². The fraction of sp³-hybridized carbons (Fsp3) is 0.188. The molecule has 0 aliphatic carbocycles. The van der Waals surface area contributed by atoms with Crippen molar-refractivity contribution in [3.63, 3.8) is 0 Å². The number of halogens is 1. The Balaban J connectivity index is 1.87. The molecule has 1 aromatic heterocycles. The van der Waals surface area contributed by atoms with E-state index < -0.39 is 10.0 Å². The molecule has 0 amide bonds. The van der Waals surface area contributed by atoms with Gasteiger partial charge in [0, 0.05) is 7.05 Å². The maximum absolute atomic E-state index is 12.4. The number of hydrogen-bond donors (Lipinski definition) is 1. The van der Waals surface area contributed by atoms with Crippen LogP contribution in [-0.4, -0.2) is 18.0 Å². The Morgan fingerprint density at radius 2 is 1.96 bits per heavy atom. The molecule has 0 saturated carbocycles. The van der Waals surface area contributed by atoms with Gasteiger partial charge in [0.2, 0.25) is 10.0 Å². The van der Waals surface area contributed by atoms with Gasteiger partial charge >= 0.3 is 0 Å². The van der Waals surface area contributed by atoms with Crippen molar-refractivity contribution in [2.24, 2.45) is 7.05 Å². The molecule has 3 aromatic rings. The summed E-state index contributed by atoms with van der Waals surface area (Å²) in [5, 5.41) is 0.211. The van der Waals surface area contributed by atoms with Crippen LogP contribution < -0.4 is 4.72 Å². The van der Waals surface area contributed by atoms with Gasteiger partial charge in [0.1, 0.15) is 10.7 Å². The first-order valence-corrected chi connectivity index (χ1v) is 8.91. The van der Waals surface area contributed by atoms with Gasteiger partial charge in [0.15, 0.2) is 0 Å². The third kappa shape index (κ3) is 3.10. The van der Waals surface area contributed by atoms with Crippen LogP contribution in [0.25, 0.3) is 11.0 Å². The van der Waals surface area contributed by atoms with E-state index in [0.717, 1.165) is 16.6 Å². The first-order chi connectivity index (χ1) is 10.9. The quantitative estimate of drug-likeness (QED) is 0.787. The van der Waals surface area contributed by atoms with E-state index in [1.165, 1.54) is 6.07 Å². The van der Waals surface area contributed by atoms with Gasteiger partial charge in [-0.25, -0.2) is 18.1 Å². The summed E-state index contributed by atoms with van der Waals surface area (Å²) in [6.45, 7) is 1.95. The Bertz CT molecular complexity index is 980. The highest BCUT2D eigenvalue weighted by atomic mass is 35.5. The number of para-hydroxylation sites is 2. The molecule has 7 heteroatoms. The van der Waals surface area contributed by atoms with Gasteiger partial charge < -0.3 is 4.57 Å². The Kier molecular flexibility index (Phi) is 4.14. The van der Waals surface area contributed by atoms with Crippen LogP contribution in [-0.2, 0) is 23.6 Å². The largest absolute Gasteiger partial charge is 0.330 e.